The molecule has 1 aromatic carbocycles. The predicted octanol–water partition coefficient (Wildman–Crippen LogP) is 3.60. The Morgan fingerprint density at radius 3 is 2.73 bits per heavy atom. The van der Waals surface area contributed by atoms with E-state index in [9.17, 15) is 9.90 Å². The molecule has 3 aromatic rings. The van der Waals surface area contributed by atoms with Gasteiger partial charge in [-0.05, 0) is 30.2 Å². The van der Waals surface area contributed by atoms with Crippen LogP contribution in [0.1, 0.15) is 21.7 Å². The largest absolute Gasteiger partial charge is 0.495 e. The van der Waals surface area contributed by atoms with Crippen LogP contribution in [-0.4, -0.2) is 47.3 Å². The molecule has 1 fully saturated rings. The van der Waals surface area contributed by atoms with Gasteiger partial charge in [0, 0.05) is 37.2 Å². The van der Waals surface area contributed by atoms with E-state index in [1.165, 1.54) is 11.3 Å². The smallest absolute Gasteiger partial charge is 0.269 e. The standard InChI is InChI=1S/C21H19ClN4O3S/c1-29-17-7-14(2-3-16(17)25-5-4-15(27)11-25)26-10-12-6-18(30-19(12)21(26)28)20-23-8-13(22)9-24-20/h2-3,6-9,15,27H,4-5,10-11H2,1H3/t15-/m1/s1. The summed E-state index contributed by atoms with van der Waals surface area (Å²) in [5.74, 6) is 1.22. The van der Waals surface area contributed by atoms with Gasteiger partial charge in [0.05, 0.1) is 40.2 Å². The minimum absolute atomic E-state index is 0.0402. The Hall–Kier alpha value is -2.68. The number of halogens is 1. The molecule has 9 heteroatoms. The normalized spacial score (nSPS) is 18.2. The average molecular weight is 443 g/mol. The number of aromatic nitrogens is 2. The summed E-state index contributed by atoms with van der Waals surface area (Å²) in [5, 5.41) is 10.3. The number of aliphatic hydroxyl groups is 1. The third kappa shape index (κ3) is 3.30. The number of anilines is 2. The lowest BCUT2D eigenvalue weighted by molar-refractivity contribution is 0.1000. The van der Waals surface area contributed by atoms with Gasteiger partial charge in [-0.1, -0.05) is 11.6 Å². The number of ether oxygens (including phenoxy) is 1. The van der Waals surface area contributed by atoms with E-state index in [4.69, 9.17) is 16.3 Å². The van der Waals surface area contributed by atoms with Crippen molar-refractivity contribution in [2.45, 2.75) is 19.1 Å². The number of hydrogen-bond acceptors (Lipinski definition) is 7. The van der Waals surface area contributed by atoms with E-state index < -0.39 is 0 Å². The van der Waals surface area contributed by atoms with Crippen LogP contribution in [0.5, 0.6) is 5.75 Å². The summed E-state index contributed by atoms with van der Waals surface area (Å²) in [4.78, 5) is 27.0. The van der Waals surface area contributed by atoms with Crippen LogP contribution >= 0.6 is 22.9 Å². The molecule has 1 amide bonds. The SMILES string of the molecule is COc1cc(N2Cc3cc(-c4ncc(Cl)cn4)sc3C2=O)ccc1N1CC[C@@H](O)C1. The Morgan fingerprint density at radius 2 is 2.07 bits per heavy atom. The zero-order valence-electron chi connectivity index (χ0n) is 16.2. The van der Waals surface area contributed by atoms with Gasteiger partial charge in [-0.15, -0.1) is 11.3 Å². The Kier molecular flexibility index (Phi) is 4.85. The summed E-state index contributed by atoms with van der Waals surface area (Å²) < 4.78 is 5.59. The molecule has 0 radical (unpaired) electrons. The molecule has 154 valence electrons. The molecule has 1 saturated heterocycles. The second-order valence-electron chi connectivity index (χ2n) is 7.33. The van der Waals surface area contributed by atoms with E-state index in [0.717, 1.165) is 34.8 Å². The van der Waals surface area contributed by atoms with Gasteiger partial charge < -0.3 is 19.6 Å². The maximum absolute atomic E-state index is 13.1. The Balaban J connectivity index is 1.40. The number of carbonyl (C=O) groups is 1. The van der Waals surface area contributed by atoms with Crippen molar-refractivity contribution in [3.63, 3.8) is 0 Å². The van der Waals surface area contributed by atoms with Crippen LogP contribution in [0.15, 0.2) is 36.7 Å². The molecule has 4 heterocycles. The number of aliphatic hydroxyl groups excluding tert-OH is 1. The number of rotatable bonds is 4. The summed E-state index contributed by atoms with van der Waals surface area (Å²) >= 11 is 7.26. The van der Waals surface area contributed by atoms with E-state index in [-0.39, 0.29) is 12.0 Å². The quantitative estimate of drug-likeness (QED) is 0.665. The minimum atomic E-state index is -0.315. The number of thiophene rings is 1. The van der Waals surface area contributed by atoms with Gasteiger partial charge in [0.25, 0.3) is 5.91 Å². The summed E-state index contributed by atoms with van der Waals surface area (Å²) in [7, 11) is 1.62. The van der Waals surface area contributed by atoms with Crippen LogP contribution in [0, 0.1) is 0 Å². The molecule has 5 rings (SSSR count). The second-order valence-corrected chi connectivity index (χ2v) is 8.81. The maximum Gasteiger partial charge on any atom is 0.269 e. The lowest BCUT2D eigenvalue weighted by atomic mass is 10.2. The number of fused-ring (bicyclic) bond motifs is 1. The van der Waals surface area contributed by atoms with Gasteiger partial charge in [-0.25, -0.2) is 9.97 Å². The van der Waals surface area contributed by atoms with Gasteiger partial charge in [0.1, 0.15) is 5.75 Å². The van der Waals surface area contributed by atoms with Crippen molar-refractivity contribution in [3.05, 3.63) is 52.1 Å². The van der Waals surface area contributed by atoms with Gasteiger partial charge in [-0.3, -0.25) is 4.79 Å². The van der Waals surface area contributed by atoms with Crippen LogP contribution in [0.2, 0.25) is 5.02 Å². The number of hydrogen-bond donors (Lipinski definition) is 1. The van der Waals surface area contributed by atoms with Gasteiger partial charge in [-0.2, -0.15) is 0 Å². The summed E-state index contributed by atoms with van der Waals surface area (Å²) in [6.07, 6.45) is 3.53. The van der Waals surface area contributed by atoms with Gasteiger partial charge in [0.2, 0.25) is 0 Å². The minimum Gasteiger partial charge on any atom is -0.495 e. The third-order valence-electron chi connectivity index (χ3n) is 5.40. The Bertz CT molecular complexity index is 1120. The summed E-state index contributed by atoms with van der Waals surface area (Å²) in [6, 6.07) is 7.75. The topological polar surface area (TPSA) is 78.8 Å². The fourth-order valence-electron chi connectivity index (χ4n) is 3.91. The molecular weight excluding hydrogens is 424 g/mol. The molecule has 0 unspecified atom stereocenters. The first-order valence-electron chi connectivity index (χ1n) is 9.57. The molecule has 0 saturated carbocycles. The number of benzene rings is 1. The van der Waals surface area contributed by atoms with Crippen molar-refractivity contribution in [2.24, 2.45) is 0 Å². The molecule has 0 aliphatic carbocycles. The third-order valence-corrected chi connectivity index (χ3v) is 6.75. The van der Waals surface area contributed by atoms with Crippen molar-refractivity contribution in [2.75, 3.05) is 30.0 Å². The molecule has 30 heavy (non-hydrogen) atoms. The van der Waals surface area contributed by atoms with Gasteiger partial charge in [0.15, 0.2) is 5.82 Å². The van der Waals surface area contributed by atoms with Crippen LogP contribution in [0.25, 0.3) is 10.7 Å². The molecule has 2 aromatic heterocycles. The van der Waals surface area contributed by atoms with Crippen molar-refractivity contribution in [1.29, 1.82) is 0 Å². The molecular formula is C21H19ClN4O3S. The van der Waals surface area contributed by atoms with Crippen molar-refractivity contribution in [3.8, 4) is 16.5 Å². The maximum atomic E-state index is 13.1. The number of nitrogens with zero attached hydrogens (tertiary/aromatic N) is 4. The lowest BCUT2D eigenvalue weighted by Gasteiger charge is -2.23. The second kappa shape index (κ2) is 7.54. The van der Waals surface area contributed by atoms with Crippen LogP contribution in [0.3, 0.4) is 0 Å². The van der Waals surface area contributed by atoms with E-state index >= 15 is 0 Å². The van der Waals surface area contributed by atoms with Crippen LogP contribution < -0.4 is 14.5 Å². The fraction of sp³-hybridized carbons (Fsp3) is 0.286. The summed E-state index contributed by atoms with van der Waals surface area (Å²) in [5.41, 5.74) is 2.68. The molecule has 0 bridgehead atoms. The number of β-amino-alcohol motifs (C(OH)–C–C–N with tert-alkyl or cyclic N) is 1. The number of amides is 1. The number of carbonyl (C=O) groups excluding carboxylic acids is 1. The van der Waals surface area contributed by atoms with E-state index in [2.05, 4.69) is 14.9 Å². The molecule has 1 N–H and O–H groups in total. The monoisotopic (exact) mass is 442 g/mol. The van der Waals surface area contributed by atoms with Crippen molar-refractivity contribution >= 4 is 40.2 Å². The highest BCUT2D eigenvalue weighted by Gasteiger charge is 2.32. The fourth-order valence-corrected chi connectivity index (χ4v) is 5.07. The first-order chi connectivity index (χ1) is 14.5. The van der Waals surface area contributed by atoms with Crippen LogP contribution in [0.4, 0.5) is 11.4 Å². The highest BCUT2D eigenvalue weighted by Crippen LogP contribution is 2.40. The Labute approximate surface area is 182 Å². The van der Waals surface area contributed by atoms with Gasteiger partial charge >= 0.3 is 0 Å². The number of methoxy groups -OCH3 is 1. The van der Waals surface area contributed by atoms with Crippen molar-refractivity contribution in [1.82, 2.24) is 9.97 Å². The molecule has 2 aliphatic heterocycles. The Morgan fingerprint density at radius 1 is 1.27 bits per heavy atom. The molecule has 1 atom stereocenters. The molecule has 0 spiro atoms. The zero-order chi connectivity index (χ0) is 20.8. The first kappa shape index (κ1) is 19.3. The van der Waals surface area contributed by atoms with E-state index in [1.807, 2.05) is 24.3 Å². The average Bonchev–Trinajstić information content (AvgIpc) is 3.44. The molecule has 7 nitrogen and oxygen atoms in total. The predicted molar refractivity (Wildman–Crippen MR) is 117 cm³/mol. The highest BCUT2D eigenvalue weighted by molar-refractivity contribution is 7.17. The molecule has 2 aliphatic rings. The first-order valence-corrected chi connectivity index (χ1v) is 10.8. The van der Waals surface area contributed by atoms with E-state index in [0.29, 0.717) is 34.6 Å². The van der Waals surface area contributed by atoms with E-state index in [1.54, 1.807) is 24.4 Å². The van der Waals surface area contributed by atoms with Crippen molar-refractivity contribution < 1.29 is 14.6 Å². The highest BCUT2D eigenvalue weighted by atomic mass is 35.5. The lowest BCUT2D eigenvalue weighted by Crippen LogP contribution is -2.24. The van der Waals surface area contributed by atoms with Crippen LogP contribution in [-0.2, 0) is 6.54 Å². The zero-order valence-corrected chi connectivity index (χ0v) is 17.8. The summed E-state index contributed by atoms with van der Waals surface area (Å²) in [6.45, 7) is 1.86.